The fourth-order valence-electron chi connectivity index (χ4n) is 2.76. The second-order valence-corrected chi connectivity index (χ2v) is 7.12. The monoisotopic (exact) mass is 324 g/mol. The largest absolute Gasteiger partial charge is 0.480 e. The summed E-state index contributed by atoms with van der Waals surface area (Å²) >= 11 is 1.36. The molecule has 1 N–H and O–H groups in total. The fraction of sp³-hybridized carbons (Fsp3) is 0.500. The van der Waals surface area contributed by atoms with Crippen molar-refractivity contribution in [3.05, 3.63) is 31.3 Å². The molecule has 1 aliphatic rings. The maximum atomic E-state index is 12.6. The third-order valence-electron chi connectivity index (χ3n) is 3.84. The van der Waals surface area contributed by atoms with Crippen molar-refractivity contribution in [1.82, 2.24) is 9.13 Å². The van der Waals surface area contributed by atoms with Gasteiger partial charge in [-0.3, -0.25) is 14.2 Å². The van der Waals surface area contributed by atoms with Crippen LogP contribution in [0.3, 0.4) is 0 Å². The Morgan fingerprint density at radius 3 is 2.73 bits per heavy atom. The van der Waals surface area contributed by atoms with Gasteiger partial charge in [0.1, 0.15) is 11.4 Å². The van der Waals surface area contributed by atoms with E-state index in [-0.39, 0.29) is 5.60 Å². The minimum atomic E-state index is -1.22. The summed E-state index contributed by atoms with van der Waals surface area (Å²) in [7, 11) is 1.55. The van der Waals surface area contributed by atoms with Gasteiger partial charge in [-0.05, 0) is 19.4 Å². The van der Waals surface area contributed by atoms with E-state index in [1.807, 2.05) is 13.8 Å². The molecular weight excluding hydrogens is 308 g/mol. The highest BCUT2D eigenvalue weighted by Crippen LogP contribution is 2.36. The van der Waals surface area contributed by atoms with Crippen LogP contribution in [0.25, 0.3) is 10.2 Å². The van der Waals surface area contributed by atoms with Crippen LogP contribution in [0.1, 0.15) is 24.3 Å². The van der Waals surface area contributed by atoms with Crippen molar-refractivity contribution in [1.29, 1.82) is 0 Å². The zero-order chi connectivity index (χ0) is 16.2. The zero-order valence-corrected chi connectivity index (χ0v) is 13.3. The summed E-state index contributed by atoms with van der Waals surface area (Å²) in [4.78, 5) is 37.3. The molecular formula is C14H16N2O5S. The third kappa shape index (κ3) is 2.19. The number of carboxylic acid groups (broad SMARTS) is 1. The molecule has 0 radical (unpaired) electrons. The second kappa shape index (κ2) is 4.79. The molecule has 0 bridgehead atoms. The molecule has 0 unspecified atom stereocenters. The molecule has 0 saturated heterocycles. The van der Waals surface area contributed by atoms with Crippen molar-refractivity contribution in [3.63, 3.8) is 0 Å². The van der Waals surface area contributed by atoms with Gasteiger partial charge >= 0.3 is 11.7 Å². The van der Waals surface area contributed by atoms with Crippen molar-refractivity contribution < 1.29 is 14.6 Å². The first-order valence-corrected chi connectivity index (χ1v) is 7.63. The predicted molar refractivity (Wildman–Crippen MR) is 81.5 cm³/mol. The maximum absolute atomic E-state index is 12.6. The Morgan fingerprint density at radius 2 is 2.09 bits per heavy atom. The van der Waals surface area contributed by atoms with Gasteiger partial charge in [-0.2, -0.15) is 0 Å². The topological polar surface area (TPSA) is 90.5 Å². The Balaban J connectivity index is 2.37. The quantitative estimate of drug-likeness (QED) is 0.878. The minimum absolute atomic E-state index is 0.389. The molecule has 0 aliphatic carbocycles. The lowest BCUT2D eigenvalue weighted by Gasteiger charge is -2.29. The standard InChI is InChI=1S/C14H16N2O5S/c1-14(2)4-7-8(6-21-14)22-12-10(7)11(19)16(5-9(17)18)13(20)15(12)3/h4-6H2,1-3H3,(H,17,18). The van der Waals surface area contributed by atoms with Gasteiger partial charge in [-0.15, -0.1) is 11.3 Å². The molecule has 0 amide bonds. The van der Waals surface area contributed by atoms with E-state index in [0.29, 0.717) is 23.2 Å². The first-order valence-electron chi connectivity index (χ1n) is 6.81. The molecule has 0 aromatic carbocycles. The number of thiophene rings is 1. The smallest absolute Gasteiger partial charge is 0.332 e. The van der Waals surface area contributed by atoms with Crippen LogP contribution in [0.4, 0.5) is 0 Å². The molecule has 3 heterocycles. The van der Waals surface area contributed by atoms with Gasteiger partial charge in [0, 0.05) is 18.3 Å². The second-order valence-electron chi connectivity index (χ2n) is 6.04. The van der Waals surface area contributed by atoms with E-state index in [4.69, 9.17) is 9.84 Å². The summed E-state index contributed by atoms with van der Waals surface area (Å²) in [5.41, 5.74) is -0.662. The van der Waals surface area contributed by atoms with Crippen molar-refractivity contribution >= 4 is 27.5 Å². The van der Waals surface area contributed by atoms with Gasteiger partial charge in [0.2, 0.25) is 0 Å². The lowest BCUT2D eigenvalue weighted by atomic mass is 9.94. The molecule has 118 valence electrons. The summed E-state index contributed by atoms with van der Waals surface area (Å²) in [5.74, 6) is -1.22. The number of ether oxygens (including phenoxy) is 1. The Labute approximate surface area is 129 Å². The van der Waals surface area contributed by atoms with Gasteiger partial charge in [0.15, 0.2) is 0 Å². The van der Waals surface area contributed by atoms with Crippen LogP contribution in [0.5, 0.6) is 0 Å². The van der Waals surface area contributed by atoms with E-state index < -0.39 is 23.8 Å². The Hall–Kier alpha value is -1.93. The van der Waals surface area contributed by atoms with E-state index in [9.17, 15) is 14.4 Å². The summed E-state index contributed by atoms with van der Waals surface area (Å²) in [6.07, 6.45) is 0.558. The predicted octanol–water partition coefficient (Wildman–Crippen LogP) is 0.698. The molecule has 8 heteroatoms. The number of hydrogen-bond donors (Lipinski definition) is 1. The highest BCUT2D eigenvalue weighted by molar-refractivity contribution is 7.18. The first kappa shape index (κ1) is 15.0. The maximum Gasteiger partial charge on any atom is 0.332 e. The Morgan fingerprint density at radius 1 is 1.41 bits per heavy atom. The number of hydrogen-bond acceptors (Lipinski definition) is 5. The van der Waals surface area contributed by atoms with Gasteiger partial charge in [0.05, 0.1) is 17.6 Å². The van der Waals surface area contributed by atoms with Gasteiger partial charge < -0.3 is 9.84 Å². The number of carbonyl (C=O) groups is 1. The lowest BCUT2D eigenvalue weighted by Crippen LogP contribution is -2.41. The van der Waals surface area contributed by atoms with Crippen LogP contribution >= 0.6 is 11.3 Å². The number of fused-ring (bicyclic) bond motifs is 3. The van der Waals surface area contributed by atoms with Crippen LogP contribution in [0.15, 0.2) is 9.59 Å². The molecule has 2 aromatic heterocycles. The average Bonchev–Trinajstić information content (AvgIpc) is 2.78. The zero-order valence-electron chi connectivity index (χ0n) is 12.5. The summed E-state index contributed by atoms with van der Waals surface area (Å²) in [6, 6.07) is 0. The Bertz CT molecular complexity index is 903. The summed E-state index contributed by atoms with van der Waals surface area (Å²) < 4.78 is 7.87. The van der Waals surface area contributed by atoms with Crippen LogP contribution < -0.4 is 11.2 Å². The number of nitrogens with zero attached hydrogens (tertiary/aromatic N) is 2. The molecule has 3 rings (SSSR count). The van der Waals surface area contributed by atoms with Gasteiger partial charge in [0.25, 0.3) is 5.56 Å². The number of aromatic nitrogens is 2. The van der Waals surface area contributed by atoms with Crippen LogP contribution in [0, 0.1) is 0 Å². The van der Waals surface area contributed by atoms with Crippen LogP contribution in [-0.2, 0) is 36.2 Å². The highest BCUT2D eigenvalue weighted by Gasteiger charge is 2.31. The number of carboxylic acids is 1. The minimum Gasteiger partial charge on any atom is -0.480 e. The van der Waals surface area contributed by atoms with Crippen molar-refractivity contribution in [3.8, 4) is 0 Å². The van der Waals surface area contributed by atoms with Gasteiger partial charge in [-0.25, -0.2) is 9.36 Å². The first-order chi connectivity index (χ1) is 10.2. The SMILES string of the molecule is Cn1c(=O)n(CC(=O)O)c(=O)c2c3c(sc21)COC(C)(C)C3. The molecule has 2 aromatic rings. The van der Waals surface area contributed by atoms with Gasteiger partial charge in [-0.1, -0.05) is 0 Å². The Kier molecular flexibility index (Phi) is 3.26. The molecule has 22 heavy (non-hydrogen) atoms. The third-order valence-corrected chi connectivity index (χ3v) is 5.13. The molecule has 0 saturated carbocycles. The van der Waals surface area contributed by atoms with E-state index in [2.05, 4.69) is 0 Å². The molecule has 0 atom stereocenters. The number of aryl methyl sites for hydroxylation is 1. The molecule has 1 aliphatic heterocycles. The summed E-state index contributed by atoms with van der Waals surface area (Å²) in [6.45, 7) is 3.65. The van der Waals surface area contributed by atoms with Crippen molar-refractivity contribution in [2.45, 2.75) is 39.0 Å². The van der Waals surface area contributed by atoms with Crippen LogP contribution in [-0.4, -0.2) is 25.8 Å². The molecule has 0 spiro atoms. The fourth-order valence-corrected chi connectivity index (χ4v) is 3.94. The summed E-state index contributed by atoms with van der Waals surface area (Å²) in [5, 5.41) is 9.37. The van der Waals surface area contributed by atoms with E-state index in [1.165, 1.54) is 15.9 Å². The van der Waals surface area contributed by atoms with E-state index in [0.717, 1.165) is 15.0 Å². The average molecular weight is 324 g/mol. The number of rotatable bonds is 2. The number of aliphatic carboxylic acids is 1. The van der Waals surface area contributed by atoms with E-state index in [1.54, 1.807) is 7.05 Å². The van der Waals surface area contributed by atoms with Crippen molar-refractivity contribution in [2.24, 2.45) is 7.05 Å². The van der Waals surface area contributed by atoms with Crippen LogP contribution in [0.2, 0.25) is 0 Å². The molecule has 7 nitrogen and oxygen atoms in total. The normalized spacial score (nSPS) is 16.7. The van der Waals surface area contributed by atoms with Crippen molar-refractivity contribution in [2.75, 3.05) is 0 Å². The lowest BCUT2D eigenvalue weighted by molar-refractivity contribution is -0.137. The van der Waals surface area contributed by atoms with E-state index >= 15 is 0 Å². The highest BCUT2D eigenvalue weighted by atomic mass is 32.1. The molecule has 0 fully saturated rings.